The van der Waals surface area contributed by atoms with E-state index < -0.39 is 0 Å². The van der Waals surface area contributed by atoms with Crippen molar-refractivity contribution in [3.63, 3.8) is 0 Å². The summed E-state index contributed by atoms with van der Waals surface area (Å²) in [5.41, 5.74) is 2.47. The van der Waals surface area contributed by atoms with E-state index in [4.69, 9.17) is 11.6 Å². The number of aromatic nitrogens is 4. The number of pyridine rings is 1. The molecule has 130 valence electrons. The molecule has 0 fully saturated rings. The fraction of sp³-hybridized carbons (Fsp3) is 0.111. The summed E-state index contributed by atoms with van der Waals surface area (Å²) in [4.78, 5) is 29.6. The average molecular weight is 368 g/mol. The first-order chi connectivity index (χ1) is 12.5. The molecule has 1 N–H and O–H groups in total. The van der Waals surface area contributed by atoms with Crippen molar-refractivity contribution < 1.29 is 4.79 Å². The number of hydrogen-bond donors (Lipinski definition) is 1. The lowest BCUT2D eigenvalue weighted by atomic mass is 10.3. The zero-order valence-electron chi connectivity index (χ0n) is 13.8. The quantitative estimate of drug-likeness (QED) is 0.603. The Kier molecular flexibility index (Phi) is 3.93. The van der Waals surface area contributed by atoms with Crippen LogP contribution in [-0.2, 0) is 11.3 Å². The van der Waals surface area contributed by atoms with Crippen molar-refractivity contribution in [2.45, 2.75) is 13.5 Å². The molecular weight excluding hydrogens is 354 g/mol. The number of amides is 1. The van der Waals surface area contributed by atoms with E-state index in [2.05, 4.69) is 15.4 Å². The van der Waals surface area contributed by atoms with Crippen LogP contribution in [-0.4, -0.2) is 25.1 Å². The van der Waals surface area contributed by atoms with Gasteiger partial charge in [0.25, 0.3) is 5.56 Å². The minimum absolute atomic E-state index is 0.135. The van der Waals surface area contributed by atoms with E-state index in [9.17, 15) is 9.59 Å². The number of carbonyl (C=O) groups is 1. The third-order valence-corrected chi connectivity index (χ3v) is 4.23. The first kappa shape index (κ1) is 16.3. The predicted octanol–water partition coefficient (Wildman–Crippen LogP) is 2.64. The lowest BCUT2D eigenvalue weighted by molar-refractivity contribution is -0.116. The minimum Gasteiger partial charge on any atom is -0.325 e. The first-order valence-corrected chi connectivity index (χ1v) is 8.30. The van der Waals surface area contributed by atoms with Gasteiger partial charge in [-0.1, -0.05) is 11.6 Å². The summed E-state index contributed by atoms with van der Waals surface area (Å²) < 4.78 is 2.92. The van der Waals surface area contributed by atoms with Gasteiger partial charge < -0.3 is 5.32 Å². The van der Waals surface area contributed by atoms with Gasteiger partial charge in [-0.25, -0.2) is 9.50 Å². The molecule has 26 heavy (non-hydrogen) atoms. The summed E-state index contributed by atoms with van der Waals surface area (Å²) in [7, 11) is 0. The SMILES string of the molecule is Cc1cc2c(=O)n(CC(=O)Nc3ccc(Cl)cc3)c3cccnc3n2n1. The number of rotatable bonds is 3. The lowest BCUT2D eigenvalue weighted by Crippen LogP contribution is -2.29. The molecule has 0 bridgehead atoms. The summed E-state index contributed by atoms with van der Waals surface area (Å²) in [6.45, 7) is 1.67. The van der Waals surface area contributed by atoms with Crippen LogP contribution in [0.5, 0.6) is 0 Å². The van der Waals surface area contributed by atoms with E-state index in [0.29, 0.717) is 33.1 Å². The monoisotopic (exact) mass is 367 g/mol. The molecule has 0 radical (unpaired) electrons. The number of fused-ring (bicyclic) bond motifs is 3. The summed E-state index contributed by atoms with van der Waals surface area (Å²) in [6, 6.07) is 11.9. The molecule has 0 aliphatic carbocycles. The van der Waals surface area contributed by atoms with Crippen LogP contribution in [0.3, 0.4) is 0 Å². The fourth-order valence-corrected chi connectivity index (χ4v) is 2.98. The second-order valence-electron chi connectivity index (χ2n) is 5.88. The van der Waals surface area contributed by atoms with Crippen LogP contribution in [0.1, 0.15) is 5.69 Å². The van der Waals surface area contributed by atoms with E-state index >= 15 is 0 Å². The maximum Gasteiger partial charge on any atom is 0.277 e. The molecule has 0 spiro atoms. The van der Waals surface area contributed by atoms with Gasteiger partial charge in [0, 0.05) is 16.9 Å². The number of anilines is 1. The summed E-state index contributed by atoms with van der Waals surface area (Å²) in [6.07, 6.45) is 1.63. The maximum atomic E-state index is 12.9. The topological polar surface area (TPSA) is 81.3 Å². The van der Waals surface area contributed by atoms with Gasteiger partial charge >= 0.3 is 0 Å². The fourth-order valence-electron chi connectivity index (χ4n) is 2.86. The number of carbonyl (C=O) groups excluding carboxylic acids is 1. The van der Waals surface area contributed by atoms with E-state index in [1.165, 1.54) is 9.08 Å². The third kappa shape index (κ3) is 2.82. The Bertz CT molecular complexity index is 1190. The van der Waals surface area contributed by atoms with Crippen molar-refractivity contribution in [3.05, 3.63) is 69.7 Å². The third-order valence-electron chi connectivity index (χ3n) is 3.98. The molecule has 1 aromatic carbocycles. The van der Waals surface area contributed by atoms with E-state index in [-0.39, 0.29) is 18.0 Å². The van der Waals surface area contributed by atoms with Crippen LogP contribution < -0.4 is 10.9 Å². The highest BCUT2D eigenvalue weighted by atomic mass is 35.5. The highest BCUT2D eigenvalue weighted by molar-refractivity contribution is 6.30. The molecule has 8 heteroatoms. The number of nitrogens with zero attached hydrogens (tertiary/aromatic N) is 4. The molecule has 4 rings (SSSR count). The van der Waals surface area contributed by atoms with Gasteiger partial charge in [-0.05, 0) is 49.4 Å². The molecule has 3 heterocycles. The van der Waals surface area contributed by atoms with Crippen molar-refractivity contribution in [2.75, 3.05) is 5.32 Å². The van der Waals surface area contributed by atoms with Crippen LogP contribution >= 0.6 is 11.6 Å². The van der Waals surface area contributed by atoms with Crippen molar-refractivity contribution in [2.24, 2.45) is 0 Å². The van der Waals surface area contributed by atoms with Gasteiger partial charge in [0.15, 0.2) is 5.65 Å². The van der Waals surface area contributed by atoms with Gasteiger partial charge in [-0.3, -0.25) is 14.2 Å². The normalized spacial score (nSPS) is 11.2. The largest absolute Gasteiger partial charge is 0.325 e. The van der Waals surface area contributed by atoms with Crippen LogP contribution in [0.2, 0.25) is 5.02 Å². The number of nitrogens with one attached hydrogen (secondary N) is 1. The molecule has 0 aliphatic heterocycles. The van der Waals surface area contributed by atoms with Crippen LogP contribution in [0.4, 0.5) is 5.69 Å². The average Bonchev–Trinajstić information content (AvgIpc) is 3.03. The maximum absolute atomic E-state index is 12.9. The van der Waals surface area contributed by atoms with Gasteiger partial charge in [0.2, 0.25) is 5.91 Å². The Morgan fingerprint density at radius 2 is 1.96 bits per heavy atom. The van der Waals surface area contributed by atoms with Crippen molar-refractivity contribution >= 4 is 39.9 Å². The second-order valence-corrected chi connectivity index (χ2v) is 6.31. The number of hydrogen-bond acceptors (Lipinski definition) is 4. The number of halogens is 1. The highest BCUT2D eigenvalue weighted by Gasteiger charge is 2.15. The standard InChI is InChI=1S/C18H14ClN5O2/c1-11-9-15-18(26)23(14-3-2-8-20-17(14)24(15)22-11)10-16(25)21-13-6-4-12(19)5-7-13/h2-9H,10H2,1H3,(H,21,25). The van der Waals surface area contributed by atoms with E-state index in [1.54, 1.807) is 55.6 Å². The van der Waals surface area contributed by atoms with Crippen LogP contribution in [0.25, 0.3) is 16.7 Å². The Balaban J connectivity index is 1.77. The molecule has 0 aliphatic rings. The van der Waals surface area contributed by atoms with Crippen LogP contribution in [0.15, 0.2) is 53.5 Å². The minimum atomic E-state index is -0.319. The Morgan fingerprint density at radius 3 is 2.73 bits per heavy atom. The first-order valence-electron chi connectivity index (χ1n) is 7.92. The molecule has 7 nitrogen and oxygen atoms in total. The molecule has 3 aromatic heterocycles. The molecule has 1 amide bonds. The molecule has 0 unspecified atom stereocenters. The van der Waals surface area contributed by atoms with Crippen molar-refractivity contribution in [1.82, 2.24) is 19.2 Å². The summed E-state index contributed by atoms with van der Waals surface area (Å²) >= 11 is 5.85. The zero-order valence-corrected chi connectivity index (χ0v) is 14.6. The van der Waals surface area contributed by atoms with Gasteiger partial charge in [0.1, 0.15) is 12.1 Å². The zero-order chi connectivity index (χ0) is 18.3. The Labute approximate surface area is 152 Å². The molecule has 0 atom stereocenters. The molecule has 4 aromatic rings. The van der Waals surface area contributed by atoms with E-state index in [0.717, 1.165) is 0 Å². The second kappa shape index (κ2) is 6.27. The van der Waals surface area contributed by atoms with E-state index in [1.807, 2.05) is 0 Å². The number of aryl methyl sites for hydroxylation is 1. The summed E-state index contributed by atoms with van der Waals surface area (Å²) in [5.74, 6) is -0.319. The van der Waals surface area contributed by atoms with Gasteiger partial charge in [-0.15, -0.1) is 0 Å². The number of benzene rings is 1. The molecular formula is C18H14ClN5O2. The van der Waals surface area contributed by atoms with Gasteiger partial charge in [0.05, 0.1) is 11.2 Å². The van der Waals surface area contributed by atoms with Gasteiger partial charge in [-0.2, -0.15) is 5.10 Å². The van der Waals surface area contributed by atoms with Crippen molar-refractivity contribution in [3.8, 4) is 0 Å². The molecule has 0 saturated carbocycles. The molecule has 0 saturated heterocycles. The Morgan fingerprint density at radius 1 is 1.19 bits per heavy atom. The smallest absolute Gasteiger partial charge is 0.277 e. The van der Waals surface area contributed by atoms with Crippen molar-refractivity contribution in [1.29, 1.82) is 0 Å². The highest BCUT2D eigenvalue weighted by Crippen LogP contribution is 2.15. The summed E-state index contributed by atoms with van der Waals surface area (Å²) in [5, 5.41) is 7.67. The predicted molar refractivity (Wildman–Crippen MR) is 99.6 cm³/mol. The Hall–Kier alpha value is -3.19. The lowest BCUT2D eigenvalue weighted by Gasteiger charge is -2.11. The van der Waals surface area contributed by atoms with Crippen LogP contribution in [0, 0.1) is 6.92 Å².